The van der Waals surface area contributed by atoms with Crippen LogP contribution in [0.5, 0.6) is 0 Å². The maximum absolute atomic E-state index is 6.04. The van der Waals surface area contributed by atoms with Gasteiger partial charge in [0.15, 0.2) is 0 Å². The zero-order valence-electron chi connectivity index (χ0n) is 11.4. The van der Waals surface area contributed by atoms with Crippen molar-refractivity contribution >= 4 is 5.69 Å². The molecule has 1 aromatic rings. The van der Waals surface area contributed by atoms with Crippen LogP contribution in [0.1, 0.15) is 38.3 Å². The number of ether oxygens (including phenoxy) is 1. The lowest BCUT2D eigenvalue weighted by atomic mass is 10.0. The quantitative estimate of drug-likeness (QED) is 0.894. The molecule has 1 saturated heterocycles. The summed E-state index contributed by atoms with van der Waals surface area (Å²) in [4.78, 5) is 2.40. The lowest BCUT2D eigenvalue weighted by Gasteiger charge is -2.24. The Labute approximate surface area is 110 Å². The standard InChI is InChI=1S/C15H24N2O/c1-3-15(16)13-5-7-14(8-6-13)17-9-4-10-18-12(2)11-17/h5-8,12,15H,3-4,9-11,16H2,1-2H3/t12?,15-/m0/s1. The lowest BCUT2D eigenvalue weighted by molar-refractivity contribution is 0.0821. The van der Waals surface area contributed by atoms with Crippen LogP contribution in [-0.4, -0.2) is 25.8 Å². The van der Waals surface area contributed by atoms with Crippen LogP contribution in [0.4, 0.5) is 5.69 Å². The van der Waals surface area contributed by atoms with Crippen LogP contribution in [0.25, 0.3) is 0 Å². The summed E-state index contributed by atoms with van der Waals surface area (Å²) >= 11 is 0. The second-order valence-electron chi connectivity index (χ2n) is 5.09. The first-order chi connectivity index (χ1) is 8.70. The molecule has 0 aliphatic carbocycles. The van der Waals surface area contributed by atoms with Gasteiger partial charge < -0.3 is 15.4 Å². The number of hydrogen-bond donors (Lipinski definition) is 1. The maximum atomic E-state index is 6.04. The van der Waals surface area contributed by atoms with E-state index in [-0.39, 0.29) is 6.04 Å². The molecule has 1 heterocycles. The van der Waals surface area contributed by atoms with Gasteiger partial charge in [0.2, 0.25) is 0 Å². The average molecular weight is 248 g/mol. The fourth-order valence-corrected chi connectivity index (χ4v) is 2.40. The molecule has 0 bridgehead atoms. The van der Waals surface area contributed by atoms with Crippen LogP contribution >= 0.6 is 0 Å². The van der Waals surface area contributed by atoms with Crippen molar-refractivity contribution in [3.63, 3.8) is 0 Å². The predicted molar refractivity (Wildman–Crippen MR) is 75.9 cm³/mol. The zero-order valence-corrected chi connectivity index (χ0v) is 11.4. The van der Waals surface area contributed by atoms with Crippen molar-refractivity contribution in [1.82, 2.24) is 0 Å². The van der Waals surface area contributed by atoms with E-state index < -0.39 is 0 Å². The van der Waals surface area contributed by atoms with Crippen molar-refractivity contribution < 1.29 is 4.74 Å². The van der Waals surface area contributed by atoms with E-state index >= 15 is 0 Å². The monoisotopic (exact) mass is 248 g/mol. The highest BCUT2D eigenvalue weighted by molar-refractivity contribution is 5.48. The van der Waals surface area contributed by atoms with Gasteiger partial charge in [-0.25, -0.2) is 0 Å². The molecule has 1 aromatic carbocycles. The maximum Gasteiger partial charge on any atom is 0.0721 e. The van der Waals surface area contributed by atoms with Crippen LogP contribution in [-0.2, 0) is 4.74 Å². The van der Waals surface area contributed by atoms with Crippen molar-refractivity contribution in [3.8, 4) is 0 Å². The SMILES string of the molecule is CC[C@H](N)c1ccc(N2CCCOC(C)C2)cc1. The summed E-state index contributed by atoms with van der Waals surface area (Å²) in [5.74, 6) is 0. The van der Waals surface area contributed by atoms with Gasteiger partial charge in [-0.3, -0.25) is 0 Å². The Balaban J connectivity index is 2.08. The largest absolute Gasteiger partial charge is 0.377 e. The molecule has 3 nitrogen and oxygen atoms in total. The van der Waals surface area contributed by atoms with Gasteiger partial charge in [-0.1, -0.05) is 19.1 Å². The Kier molecular flexibility index (Phi) is 4.61. The highest BCUT2D eigenvalue weighted by Crippen LogP contribution is 2.21. The molecule has 18 heavy (non-hydrogen) atoms. The van der Waals surface area contributed by atoms with Crippen molar-refractivity contribution in [3.05, 3.63) is 29.8 Å². The minimum atomic E-state index is 0.158. The molecule has 1 fully saturated rings. The van der Waals surface area contributed by atoms with E-state index in [1.807, 2.05) is 0 Å². The second kappa shape index (κ2) is 6.21. The van der Waals surface area contributed by atoms with E-state index in [1.54, 1.807) is 0 Å². The second-order valence-corrected chi connectivity index (χ2v) is 5.09. The molecule has 0 spiro atoms. The van der Waals surface area contributed by atoms with Gasteiger partial charge in [0.1, 0.15) is 0 Å². The molecule has 1 unspecified atom stereocenters. The number of anilines is 1. The summed E-state index contributed by atoms with van der Waals surface area (Å²) < 4.78 is 5.67. The minimum Gasteiger partial charge on any atom is -0.377 e. The first-order valence-corrected chi connectivity index (χ1v) is 6.92. The summed E-state index contributed by atoms with van der Waals surface area (Å²) in [7, 11) is 0. The highest BCUT2D eigenvalue weighted by Gasteiger charge is 2.15. The molecular formula is C15H24N2O. The summed E-state index contributed by atoms with van der Waals surface area (Å²) in [6.45, 7) is 7.17. The molecular weight excluding hydrogens is 224 g/mol. The van der Waals surface area contributed by atoms with E-state index in [4.69, 9.17) is 10.5 Å². The molecule has 0 aromatic heterocycles. The Morgan fingerprint density at radius 2 is 2.11 bits per heavy atom. The Morgan fingerprint density at radius 1 is 1.39 bits per heavy atom. The molecule has 100 valence electrons. The van der Waals surface area contributed by atoms with Gasteiger partial charge in [0, 0.05) is 31.4 Å². The van der Waals surface area contributed by atoms with Gasteiger partial charge in [0.05, 0.1) is 6.10 Å². The molecule has 2 atom stereocenters. The Morgan fingerprint density at radius 3 is 2.78 bits per heavy atom. The molecule has 1 aliphatic rings. The Bertz CT molecular complexity index is 363. The Hall–Kier alpha value is -1.06. The van der Waals surface area contributed by atoms with E-state index in [0.29, 0.717) is 6.10 Å². The predicted octanol–water partition coefficient (Wildman–Crippen LogP) is 2.71. The molecule has 0 radical (unpaired) electrons. The van der Waals surface area contributed by atoms with Crippen molar-refractivity contribution in [1.29, 1.82) is 0 Å². The molecule has 2 N–H and O–H groups in total. The fraction of sp³-hybridized carbons (Fsp3) is 0.600. The molecule has 0 amide bonds. The fourth-order valence-electron chi connectivity index (χ4n) is 2.40. The molecule has 3 heteroatoms. The van der Waals surface area contributed by atoms with Gasteiger partial charge in [-0.15, -0.1) is 0 Å². The van der Waals surface area contributed by atoms with E-state index in [0.717, 1.165) is 32.5 Å². The van der Waals surface area contributed by atoms with E-state index in [9.17, 15) is 0 Å². The number of nitrogens with two attached hydrogens (primary N) is 1. The van der Waals surface area contributed by atoms with Gasteiger partial charge >= 0.3 is 0 Å². The van der Waals surface area contributed by atoms with Crippen LogP contribution in [0, 0.1) is 0 Å². The third-order valence-electron chi connectivity index (χ3n) is 3.58. The van der Waals surface area contributed by atoms with Gasteiger partial charge in [0.25, 0.3) is 0 Å². The zero-order chi connectivity index (χ0) is 13.0. The van der Waals surface area contributed by atoms with Crippen molar-refractivity contribution in [2.75, 3.05) is 24.6 Å². The minimum absolute atomic E-state index is 0.158. The normalized spacial score (nSPS) is 22.6. The highest BCUT2D eigenvalue weighted by atomic mass is 16.5. The average Bonchev–Trinajstić information content (AvgIpc) is 2.63. The van der Waals surface area contributed by atoms with E-state index in [1.165, 1.54) is 11.3 Å². The summed E-state index contributed by atoms with van der Waals surface area (Å²) in [6.07, 6.45) is 2.39. The number of benzene rings is 1. The smallest absolute Gasteiger partial charge is 0.0721 e. The summed E-state index contributed by atoms with van der Waals surface area (Å²) in [5.41, 5.74) is 8.54. The van der Waals surface area contributed by atoms with Gasteiger partial charge in [-0.2, -0.15) is 0 Å². The third kappa shape index (κ3) is 3.24. The molecule has 2 rings (SSSR count). The molecule has 1 aliphatic heterocycles. The molecule has 0 saturated carbocycles. The van der Waals surface area contributed by atoms with E-state index in [2.05, 4.69) is 43.0 Å². The lowest BCUT2D eigenvalue weighted by Crippen LogP contribution is -2.30. The first kappa shape index (κ1) is 13.4. The topological polar surface area (TPSA) is 38.5 Å². The van der Waals surface area contributed by atoms with Crippen LogP contribution < -0.4 is 10.6 Å². The third-order valence-corrected chi connectivity index (χ3v) is 3.58. The first-order valence-electron chi connectivity index (χ1n) is 6.92. The van der Waals surface area contributed by atoms with Crippen LogP contribution in [0.3, 0.4) is 0 Å². The van der Waals surface area contributed by atoms with Crippen LogP contribution in [0.2, 0.25) is 0 Å². The number of rotatable bonds is 3. The van der Waals surface area contributed by atoms with Crippen LogP contribution in [0.15, 0.2) is 24.3 Å². The number of nitrogens with zero attached hydrogens (tertiary/aromatic N) is 1. The van der Waals surface area contributed by atoms with Crippen molar-refractivity contribution in [2.45, 2.75) is 38.8 Å². The van der Waals surface area contributed by atoms with Crippen molar-refractivity contribution in [2.24, 2.45) is 5.73 Å². The number of hydrogen-bond acceptors (Lipinski definition) is 3. The summed E-state index contributed by atoms with van der Waals surface area (Å²) in [5, 5.41) is 0. The van der Waals surface area contributed by atoms with Gasteiger partial charge in [-0.05, 0) is 37.5 Å². The summed E-state index contributed by atoms with van der Waals surface area (Å²) in [6, 6.07) is 8.83.